The molecule has 0 bridgehead atoms. The number of hydrogen-bond donors (Lipinski definition) is 2. The smallest absolute Gasteiger partial charge is 0.339 e. The topological polar surface area (TPSA) is 93.4 Å². The van der Waals surface area contributed by atoms with Gasteiger partial charge in [0.25, 0.3) is 5.91 Å². The molecule has 8 heteroatoms. The third kappa shape index (κ3) is 3.89. The van der Waals surface area contributed by atoms with E-state index in [1.807, 2.05) is 0 Å². The number of methoxy groups -OCH3 is 1. The van der Waals surface area contributed by atoms with Crippen molar-refractivity contribution in [3.05, 3.63) is 47.0 Å². The molecule has 1 aromatic carbocycles. The number of carboxylic acid groups (broad SMARTS) is 1. The monoisotopic (exact) mass is 335 g/mol. The number of nitrogens with one attached hydrogen (secondary N) is 1. The van der Waals surface area contributed by atoms with Crippen LogP contribution in [0.2, 0.25) is 0 Å². The zero-order chi connectivity index (χ0) is 17.9. The van der Waals surface area contributed by atoms with Gasteiger partial charge in [-0.1, -0.05) is 0 Å². The second-order valence-corrected chi connectivity index (χ2v) is 5.41. The van der Waals surface area contributed by atoms with Crippen molar-refractivity contribution in [1.82, 2.24) is 15.1 Å². The molecule has 0 aliphatic rings. The van der Waals surface area contributed by atoms with Crippen molar-refractivity contribution in [1.29, 1.82) is 0 Å². The van der Waals surface area contributed by atoms with Gasteiger partial charge >= 0.3 is 5.97 Å². The molecule has 1 unspecified atom stereocenters. The van der Waals surface area contributed by atoms with Gasteiger partial charge in [0.05, 0.1) is 13.3 Å². The molecule has 1 amide bonds. The molecule has 0 saturated heterocycles. The molecule has 24 heavy (non-hydrogen) atoms. The first-order valence-electron chi connectivity index (χ1n) is 7.21. The number of carbonyl (C=O) groups excluding carboxylic acids is 1. The van der Waals surface area contributed by atoms with E-state index in [4.69, 9.17) is 9.84 Å². The lowest BCUT2D eigenvalue weighted by atomic mass is 10.1. The van der Waals surface area contributed by atoms with Gasteiger partial charge in [0.15, 0.2) is 0 Å². The van der Waals surface area contributed by atoms with Gasteiger partial charge in [-0.25, -0.2) is 9.18 Å². The summed E-state index contributed by atoms with van der Waals surface area (Å²) < 4.78 is 19.7. The van der Waals surface area contributed by atoms with E-state index in [1.54, 1.807) is 13.0 Å². The number of benzene rings is 1. The summed E-state index contributed by atoms with van der Waals surface area (Å²) in [5.74, 6) is -1.81. The second kappa shape index (κ2) is 7.12. The highest BCUT2D eigenvalue weighted by Crippen LogP contribution is 2.17. The van der Waals surface area contributed by atoms with Crippen molar-refractivity contribution in [2.24, 2.45) is 7.05 Å². The predicted octanol–water partition coefficient (Wildman–Crippen LogP) is 1.63. The van der Waals surface area contributed by atoms with Crippen LogP contribution < -0.4 is 10.1 Å². The largest absolute Gasteiger partial charge is 0.497 e. The number of carboxylic acids is 1. The number of ether oxygens (including phenoxy) is 1. The van der Waals surface area contributed by atoms with E-state index >= 15 is 0 Å². The Morgan fingerprint density at radius 3 is 2.75 bits per heavy atom. The molecule has 7 nitrogen and oxygen atoms in total. The van der Waals surface area contributed by atoms with E-state index in [2.05, 4.69) is 10.4 Å². The highest BCUT2D eigenvalue weighted by molar-refractivity contribution is 6.03. The summed E-state index contributed by atoms with van der Waals surface area (Å²) in [6.07, 6.45) is 1.49. The fraction of sp³-hybridized carbons (Fsp3) is 0.312. The highest BCUT2D eigenvalue weighted by atomic mass is 19.1. The van der Waals surface area contributed by atoms with Gasteiger partial charge in [0.1, 0.15) is 22.8 Å². The first kappa shape index (κ1) is 17.5. The highest BCUT2D eigenvalue weighted by Gasteiger charge is 2.22. The van der Waals surface area contributed by atoms with E-state index in [9.17, 15) is 14.0 Å². The molecule has 1 heterocycles. The van der Waals surface area contributed by atoms with Crippen LogP contribution in [0.1, 0.15) is 33.3 Å². The van der Waals surface area contributed by atoms with E-state index in [1.165, 1.54) is 31.0 Å². The maximum Gasteiger partial charge on any atom is 0.339 e. The quantitative estimate of drug-likeness (QED) is 0.837. The molecule has 2 aromatic rings. The van der Waals surface area contributed by atoms with Gasteiger partial charge in [-0.15, -0.1) is 0 Å². The minimum Gasteiger partial charge on any atom is -0.497 e. The van der Waals surface area contributed by atoms with E-state index in [-0.39, 0.29) is 17.3 Å². The van der Waals surface area contributed by atoms with Crippen molar-refractivity contribution >= 4 is 11.9 Å². The summed E-state index contributed by atoms with van der Waals surface area (Å²) in [5.41, 5.74) is 0.448. The molecule has 128 valence electrons. The third-order valence-corrected chi connectivity index (χ3v) is 3.47. The lowest BCUT2D eigenvalue weighted by Gasteiger charge is -2.15. The number of halogens is 1. The van der Waals surface area contributed by atoms with Crippen molar-refractivity contribution < 1.29 is 23.8 Å². The van der Waals surface area contributed by atoms with Crippen molar-refractivity contribution in [3.63, 3.8) is 0 Å². The Morgan fingerprint density at radius 2 is 2.12 bits per heavy atom. The average molecular weight is 335 g/mol. The average Bonchev–Trinajstić information content (AvgIpc) is 2.88. The number of carbonyl (C=O) groups is 2. The second-order valence-electron chi connectivity index (χ2n) is 5.41. The van der Waals surface area contributed by atoms with Crippen LogP contribution >= 0.6 is 0 Å². The molecule has 0 fully saturated rings. The summed E-state index contributed by atoms with van der Waals surface area (Å²) in [4.78, 5) is 23.4. The predicted molar refractivity (Wildman–Crippen MR) is 83.8 cm³/mol. The molecule has 0 saturated carbocycles. The third-order valence-electron chi connectivity index (χ3n) is 3.47. The molecular formula is C16H18FN3O4. The van der Waals surface area contributed by atoms with E-state index in [0.717, 1.165) is 6.20 Å². The molecule has 1 atom stereocenters. The Bertz CT molecular complexity index is 773. The first-order chi connectivity index (χ1) is 11.3. The molecule has 0 radical (unpaired) electrons. The van der Waals surface area contributed by atoms with Gasteiger partial charge in [-0.3, -0.25) is 9.48 Å². The summed E-state index contributed by atoms with van der Waals surface area (Å²) in [7, 11) is 2.93. The number of nitrogens with zero attached hydrogens (tertiary/aromatic N) is 2. The van der Waals surface area contributed by atoms with Gasteiger partial charge in [0.2, 0.25) is 0 Å². The molecular weight excluding hydrogens is 317 g/mol. The van der Waals surface area contributed by atoms with Crippen LogP contribution in [-0.4, -0.2) is 39.9 Å². The van der Waals surface area contributed by atoms with Gasteiger partial charge in [-0.05, 0) is 31.0 Å². The number of rotatable bonds is 6. The van der Waals surface area contributed by atoms with Crippen LogP contribution in [0.3, 0.4) is 0 Å². The normalized spacial score (nSPS) is 11.8. The Hall–Kier alpha value is -2.90. The molecule has 0 aliphatic carbocycles. The Balaban J connectivity index is 2.11. The molecule has 0 spiro atoms. The van der Waals surface area contributed by atoms with Gasteiger partial charge < -0.3 is 15.2 Å². The zero-order valence-electron chi connectivity index (χ0n) is 13.5. The van der Waals surface area contributed by atoms with Crippen molar-refractivity contribution in [2.75, 3.05) is 7.11 Å². The lowest BCUT2D eigenvalue weighted by Crippen LogP contribution is -2.36. The maximum atomic E-state index is 13.5. The van der Waals surface area contributed by atoms with Crippen LogP contribution in [0.5, 0.6) is 5.75 Å². The minimum absolute atomic E-state index is 0.0360. The molecule has 1 aromatic heterocycles. The lowest BCUT2D eigenvalue weighted by molar-refractivity contribution is 0.0690. The number of aromatic carboxylic acids is 1. The fourth-order valence-electron chi connectivity index (χ4n) is 2.42. The number of aromatic nitrogens is 2. The van der Waals surface area contributed by atoms with E-state index in [0.29, 0.717) is 17.7 Å². The minimum atomic E-state index is -1.23. The van der Waals surface area contributed by atoms with Crippen LogP contribution in [0, 0.1) is 5.82 Å². The van der Waals surface area contributed by atoms with Crippen LogP contribution in [0.15, 0.2) is 24.4 Å². The Morgan fingerprint density at radius 1 is 1.42 bits per heavy atom. The number of hydrogen-bond acceptors (Lipinski definition) is 4. The number of amides is 1. The SMILES string of the molecule is COc1cc(F)cc(CC(C)NC(=O)c2c(C(=O)O)cnn2C)c1. The van der Waals surface area contributed by atoms with Crippen molar-refractivity contribution in [3.8, 4) is 5.75 Å². The van der Waals surface area contributed by atoms with Crippen molar-refractivity contribution in [2.45, 2.75) is 19.4 Å². The van der Waals surface area contributed by atoms with Crippen LogP contribution in [0.25, 0.3) is 0 Å². The zero-order valence-corrected chi connectivity index (χ0v) is 13.5. The summed E-state index contributed by atoms with van der Waals surface area (Å²) in [6, 6.07) is 3.96. The number of aryl methyl sites for hydroxylation is 1. The summed E-state index contributed by atoms with van der Waals surface area (Å²) in [6.45, 7) is 1.74. The maximum absolute atomic E-state index is 13.5. The molecule has 2 rings (SSSR count). The summed E-state index contributed by atoms with van der Waals surface area (Å²) >= 11 is 0. The summed E-state index contributed by atoms with van der Waals surface area (Å²) in [5, 5.41) is 15.6. The Labute approximate surface area is 138 Å². The van der Waals surface area contributed by atoms with E-state index < -0.39 is 17.7 Å². The van der Waals surface area contributed by atoms with Crippen LogP contribution in [0.4, 0.5) is 4.39 Å². The van der Waals surface area contributed by atoms with Crippen LogP contribution in [-0.2, 0) is 13.5 Å². The first-order valence-corrected chi connectivity index (χ1v) is 7.21. The molecule has 0 aliphatic heterocycles. The standard InChI is InChI=1S/C16H18FN3O4/c1-9(4-10-5-11(17)7-12(6-10)24-3)19-15(21)14-13(16(22)23)8-18-20(14)2/h5-9H,4H2,1-3H3,(H,19,21)(H,22,23). The van der Waals surface area contributed by atoms with Gasteiger partial charge in [-0.2, -0.15) is 5.10 Å². The van der Waals surface area contributed by atoms with Gasteiger partial charge in [0, 0.05) is 19.2 Å². The fourth-order valence-corrected chi connectivity index (χ4v) is 2.42. The molecule has 2 N–H and O–H groups in total. The Kier molecular flexibility index (Phi) is 5.18.